The Kier molecular flexibility index (Phi) is 2.93. The molecule has 0 bridgehead atoms. The van der Waals surface area contributed by atoms with E-state index in [4.69, 9.17) is 9.47 Å². The monoisotopic (exact) mass is 187 g/mol. The fourth-order valence-corrected chi connectivity index (χ4v) is 1.19. The van der Waals surface area contributed by atoms with E-state index in [-0.39, 0.29) is 23.7 Å². The Morgan fingerprint density at radius 1 is 1.54 bits per heavy atom. The highest BCUT2D eigenvalue weighted by molar-refractivity contribution is 5.78. The van der Waals surface area contributed by atoms with Gasteiger partial charge in [0.15, 0.2) is 6.23 Å². The number of carbonyl (C=O) groups is 1. The van der Waals surface area contributed by atoms with Crippen molar-refractivity contribution in [2.45, 2.75) is 33.0 Å². The van der Waals surface area contributed by atoms with Gasteiger partial charge in [-0.3, -0.25) is 10.1 Å². The smallest absolute Gasteiger partial charge is 0.327 e. The summed E-state index contributed by atoms with van der Waals surface area (Å²) in [4.78, 5) is 11.3. The summed E-state index contributed by atoms with van der Waals surface area (Å²) < 4.78 is 10.1. The van der Waals surface area contributed by atoms with Crippen LogP contribution in [0.4, 0.5) is 0 Å². The number of esters is 1. The van der Waals surface area contributed by atoms with Crippen LogP contribution < -0.4 is 5.32 Å². The summed E-state index contributed by atoms with van der Waals surface area (Å²) in [6.07, 6.45) is -0.208. The molecule has 76 valence electrons. The van der Waals surface area contributed by atoms with E-state index >= 15 is 0 Å². The first-order valence-corrected chi connectivity index (χ1v) is 4.40. The van der Waals surface area contributed by atoms with Crippen LogP contribution in [0.5, 0.6) is 0 Å². The van der Waals surface area contributed by atoms with Gasteiger partial charge in [0.05, 0.1) is 6.61 Å². The number of methoxy groups -OCH3 is 1. The van der Waals surface area contributed by atoms with Gasteiger partial charge in [0.25, 0.3) is 0 Å². The van der Waals surface area contributed by atoms with Crippen molar-refractivity contribution in [3.8, 4) is 0 Å². The Bertz CT molecular complexity index is 198. The second kappa shape index (κ2) is 3.64. The van der Waals surface area contributed by atoms with E-state index in [1.807, 2.05) is 20.8 Å². The molecule has 0 aliphatic carbocycles. The van der Waals surface area contributed by atoms with Crippen LogP contribution in [0.25, 0.3) is 0 Å². The average molecular weight is 187 g/mol. The highest BCUT2D eigenvalue weighted by atomic mass is 16.6. The van der Waals surface area contributed by atoms with Crippen LogP contribution in [0, 0.1) is 5.41 Å². The van der Waals surface area contributed by atoms with Gasteiger partial charge in [0.1, 0.15) is 6.04 Å². The molecule has 0 amide bonds. The lowest BCUT2D eigenvalue weighted by atomic mass is 9.94. The van der Waals surface area contributed by atoms with Crippen LogP contribution in [0.2, 0.25) is 0 Å². The Hall–Kier alpha value is -0.610. The molecule has 4 heteroatoms. The van der Waals surface area contributed by atoms with Crippen LogP contribution in [0.15, 0.2) is 0 Å². The first kappa shape index (κ1) is 10.5. The predicted molar refractivity (Wildman–Crippen MR) is 48.1 cm³/mol. The van der Waals surface area contributed by atoms with Gasteiger partial charge in [-0.05, 0) is 0 Å². The predicted octanol–water partition coefficient (Wildman–Crippen LogP) is 0.520. The zero-order chi connectivity index (χ0) is 10.1. The fourth-order valence-electron chi connectivity index (χ4n) is 1.19. The van der Waals surface area contributed by atoms with Crippen LogP contribution >= 0.6 is 0 Å². The van der Waals surface area contributed by atoms with Crippen molar-refractivity contribution in [2.75, 3.05) is 13.7 Å². The van der Waals surface area contributed by atoms with E-state index in [1.165, 1.54) is 0 Å². The molecule has 0 spiro atoms. The fraction of sp³-hybridized carbons (Fsp3) is 0.889. The number of carbonyl (C=O) groups excluding carboxylic acids is 1. The summed E-state index contributed by atoms with van der Waals surface area (Å²) in [7, 11) is 1.57. The minimum atomic E-state index is -0.311. The minimum absolute atomic E-state index is 0.0713. The van der Waals surface area contributed by atoms with Gasteiger partial charge in [-0.15, -0.1) is 0 Å². The second-order valence-corrected chi connectivity index (χ2v) is 4.36. The number of cyclic esters (lactones) is 1. The molecule has 0 aromatic carbocycles. The summed E-state index contributed by atoms with van der Waals surface area (Å²) in [6.45, 7) is 6.43. The van der Waals surface area contributed by atoms with Gasteiger partial charge in [-0.2, -0.15) is 0 Å². The first-order chi connectivity index (χ1) is 5.95. The SMILES string of the molecule is COCC1NC(C(C)(C)C)OC1=O. The zero-order valence-electron chi connectivity index (χ0n) is 8.59. The molecule has 13 heavy (non-hydrogen) atoms. The van der Waals surface area contributed by atoms with Gasteiger partial charge in [0.2, 0.25) is 0 Å². The molecule has 1 N–H and O–H groups in total. The van der Waals surface area contributed by atoms with Gasteiger partial charge in [-0.25, -0.2) is 0 Å². The van der Waals surface area contributed by atoms with E-state index in [2.05, 4.69) is 5.32 Å². The first-order valence-electron chi connectivity index (χ1n) is 4.40. The molecular weight excluding hydrogens is 170 g/mol. The topological polar surface area (TPSA) is 47.6 Å². The van der Waals surface area contributed by atoms with Crippen molar-refractivity contribution in [1.29, 1.82) is 0 Å². The molecule has 4 nitrogen and oxygen atoms in total. The van der Waals surface area contributed by atoms with Crippen LogP contribution in [0.3, 0.4) is 0 Å². The largest absolute Gasteiger partial charge is 0.445 e. The number of ether oxygens (including phenoxy) is 2. The molecule has 0 aromatic rings. The minimum Gasteiger partial charge on any atom is -0.445 e. The van der Waals surface area contributed by atoms with Crippen molar-refractivity contribution in [3.63, 3.8) is 0 Å². The summed E-state index contributed by atoms with van der Waals surface area (Å²) >= 11 is 0. The average Bonchev–Trinajstić information content (AvgIpc) is 2.32. The maximum atomic E-state index is 11.3. The lowest BCUT2D eigenvalue weighted by Crippen LogP contribution is -2.41. The van der Waals surface area contributed by atoms with Gasteiger partial charge < -0.3 is 9.47 Å². The maximum absolute atomic E-state index is 11.3. The molecular formula is C9H17NO3. The standard InChI is InChI=1S/C9H17NO3/c1-9(2,3)8-10-6(5-12-4)7(11)13-8/h6,8,10H,5H2,1-4H3. The molecule has 1 rings (SSSR count). The summed E-state index contributed by atoms with van der Waals surface area (Å²) in [5, 5.41) is 3.08. The summed E-state index contributed by atoms with van der Waals surface area (Å²) in [5.41, 5.74) is -0.0713. The maximum Gasteiger partial charge on any atom is 0.327 e. The van der Waals surface area contributed by atoms with Gasteiger partial charge >= 0.3 is 5.97 Å². The van der Waals surface area contributed by atoms with Crippen molar-refractivity contribution in [2.24, 2.45) is 5.41 Å². The Balaban J connectivity index is 2.55. The molecule has 0 radical (unpaired) electrons. The highest BCUT2D eigenvalue weighted by Gasteiger charge is 2.39. The lowest BCUT2D eigenvalue weighted by molar-refractivity contribution is -0.146. The number of rotatable bonds is 2. The third-order valence-corrected chi connectivity index (χ3v) is 1.99. The number of hydrogen-bond donors (Lipinski definition) is 1. The van der Waals surface area contributed by atoms with E-state index in [1.54, 1.807) is 7.11 Å². The molecule has 1 saturated heterocycles. The van der Waals surface area contributed by atoms with E-state index in [0.717, 1.165) is 0 Å². The number of nitrogens with one attached hydrogen (secondary N) is 1. The Morgan fingerprint density at radius 2 is 2.15 bits per heavy atom. The Labute approximate surface area is 78.6 Å². The molecule has 1 aliphatic rings. The molecule has 1 fully saturated rings. The molecule has 0 saturated carbocycles. The number of hydrogen-bond acceptors (Lipinski definition) is 4. The molecule has 1 aliphatic heterocycles. The Morgan fingerprint density at radius 3 is 2.54 bits per heavy atom. The van der Waals surface area contributed by atoms with Gasteiger partial charge in [0, 0.05) is 12.5 Å². The van der Waals surface area contributed by atoms with Crippen LogP contribution in [-0.2, 0) is 14.3 Å². The van der Waals surface area contributed by atoms with E-state index < -0.39 is 0 Å². The molecule has 1 heterocycles. The normalized spacial score (nSPS) is 29.1. The third-order valence-electron chi connectivity index (χ3n) is 1.99. The molecule has 0 aromatic heterocycles. The van der Waals surface area contributed by atoms with Crippen LogP contribution in [0.1, 0.15) is 20.8 Å². The van der Waals surface area contributed by atoms with Crippen molar-refractivity contribution in [1.82, 2.24) is 5.32 Å². The summed E-state index contributed by atoms with van der Waals surface area (Å²) in [6, 6.07) is -0.311. The zero-order valence-corrected chi connectivity index (χ0v) is 8.59. The van der Waals surface area contributed by atoms with E-state index in [9.17, 15) is 4.79 Å². The third kappa shape index (κ3) is 2.42. The van der Waals surface area contributed by atoms with Crippen LogP contribution in [-0.4, -0.2) is 32.0 Å². The highest BCUT2D eigenvalue weighted by Crippen LogP contribution is 2.24. The quantitative estimate of drug-likeness (QED) is 0.640. The van der Waals surface area contributed by atoms with Crippen molar-refractivity contribution >= 4 is 5.97 Å². The molecule has 2 atom stereocenters. The van der Waals surface area contributed by atoms with Gasteiger partial charge in [-0.1, -0.05) is 20.8 Å². The second-order valence-electron chi connectivity index (χ2n) is 4.36. The van der Waals surface area contributed by atoms with E-state index in [0.29, 0.717) is 6.61 Å². The van der Waals surface area contributed by atoms with Crippen molar-refractivity contribution in [3.05, 3.63) is 0 Å². The lowest BCUT2D eigenvalue weighted by Gasteiger charge is -2.25. The summed E-state index contributed by atoms with van der Waals surface area (Å²) in [5.74, 6) is -0.221. The molecule has 2 unspecified atom stereocenters. The van der Waals surface area contributed by atoms with Crippen molar-refractivity contribution < 1.29 is 14.3 Å².